The highest BCUT2D eigenvalue weighted by molar-refractivity contribution is 5.07. The van der Waals surface area contributed by atoms with Gasteiger partial charge >= 0.3 is 0 Å². The van der Waals surface area contributed by atoms with Gasteiger partial charge in [-0.25, -0.2) is 4.98 Å². The molecule has 4 nitrogen and oxygen atoms in total. The molecule has 1 N–H and O–H groups in total. The molecular weight excluding hydrogens is 166 g/mol. The third-order valence-corrected chi connectivity index (χ3v) is 1.47. The molecule has 1 rings (SSSR count). The monoisotopic (exact) mass is 181 g/mol. The highest BCUT2D eigenvalue weighted by Crippen LogP contribution is 2.04. The molecule has 72 valence electrons. The molecule has 1 aromatic heterocycles. The van der Waals surface area contributed by atoms with E-state index in [2.05, 4.69) is 22.2 Å². The maximum atomic E-state index is 5.34. The number of ether oxygens (including phenoxy) is 1. The summed E-state index contributed by atoms with van der Waals surface area (Å²) in [6.45, 7) is 3.47. The maximum absolute atomic E-state index is 5.34. The summed E-state index contributed by atoms with van der Waals surface area (Å²) in [5.74, 6) is 0.606. The van der Waals surface area contributed by atoms with Gasteiger partial charge in [0.1, 0.15) is 0 Å². The predicted molar refractivity (Wildman–Crippen MR) is 50.6 cm³/mol. The average molecular weight is 181 g/mol. The first-order valence-corrected chi connectivity index (χ1v) is 4.45. The van der Waals surface area contributed by atoms with E-state index in [9.17, 15) is 0 Å². The van der Waals surface area contributed by atoms with Crippen LogP contribution in [0, 0.1) is 0 Å². The molecule has 0 aromatic carbocycles. The predicted octanol–water partition coefficient (Wildman–Crippen LogP) is 0.985. The van der Waals surface area contributed by atoms with E-state index < -0.39 is 0 Å². The van der Waals surface area contributed by atoms with Gasteiger partial charge in [-0.15, -0.1) is 0 Å². The van der Waals surface area contributed by atoms with Crippen LogP contribution in [0.4, 0.5) is 0 Å². The highest BCUT2D eigenvalue weighted by Gasteiger charge is 1.97. The summed E-state index contributed by atoms with van der Waals surface area (Å²) in [6.07, 6.45) is 4.35. The lowest BCUT2D eigenvalue weighted by molar-refractivity contribution is 0.302. The molecule has 0 unspecified atom stereocenters. The van der Waals surface area contributed by atoms with Gasteiger partial charge in [0.05, 0.1) is 18.5 Å². The van der Waals surface area contributed by atoms with Crippen molar-refractivity contribution in [1.29, 1.82) is 0 Å². The van der Waals surface area contributed by atoms with Crippen LogP contribution in [0.2, 0.25) is 0 Å². The Bertz CT molecular complexity index is 252. The van der Waals surface area contributed by atoms with Gasteiger partial charge in [0.25, 0.3) is 0 Å². The van der Waals surface area contributed by atoms with Gasteiger partial charge in [-0.2, -0.15) is 0 Å². The Hall–Kier alpha value is -1.16. The van der Waals surface area contributed by atoms with Crippen molar-refractivity contribution in [3.63, 3.8) is 0 Å². The minimum Gasteiger partial charge on any atom is -0.477 e. The summed E-state index contributed by atoms with van der Waals surface area (Å²) in [5, 5.41) is 3.01. The highest BCUT2D eigenvalue weighted by atomic mass is 16.5. The SMILES string of the molecule is CCCOc1cncc(CNC)n1. The third-order valence-electron chi connectivity index (χ3n) is 1.47. The Labute approximate surface area is 78.4 Å². The Morgan fingerprint density at radius 2 is 2.31 bits per heavy atom. The van der Waals surface area contributed by atoms with Gasteiger partial charge < -0.3 is 10.1 Å². The number of aromatic nitrogens is 2. The minimum absolute atomic E-state index is 0.606. The zero-order valence-corrected chi connectivity index (χ0v) is 8.08. The molecule has 1 heterocycles. The molecule has 0 fully saturated rings. The first-order valence-electron chi connectivity index (χ1n) is 4.45. The van der Waals surface area contributed by atoms with E-state index in [-0.39, 0.29) is 0 Å². The molecule has 4 heteroatoms. The normalized spacial score (nSPS) is 10.0. The lowest BCUT2D eigenvalue weighted by Crippen LogP contribution is -2.08. The van der Waals surface area contributed by atoms with Crippen molar-refractivity contribution in [1.82, 2.24) is 15.3 Å². The molecule has 0 aliphatic heterocycles. The zero-order valence-electron chi connectivity index (χ0n) is 8.08. The second kappa shape index (κ2) is 5.48. The largest absolute Gasteiger partial charge is 0.477 e. The summed E-state index contributed by atoms with van der Waals surface area (Å²) in [5.41, 5.74) is 0.899. The van der Waals surface area contributed by atoms with E-state index in [1.165, 1.54) is 0 Å². The van der Waals surface area contributed by atoms with Gasteiger partial charge in [0.15, 0.2) is 0 Å². The second-order valence-electron chi connectivity index (χ2n) is 2.73. The zero-order chi connectivity index (χ0) is 9.52. The fraction of sp³-hybridized carbons (Fsp3) is 0.556. The van der Waals surface area contributed by atoms with E-state index in [1.807, 2.05) is 7.05 Å². The molecule has 0 radical (unpaired) electrons. The molecule has 0 saturated carbocycles. The van der Waals surface area contributed by atoms with E-state index in [1.54, 1.807) is 12.4 Å². The average Bonchev–Trinajstić information content (AvgIpc) is 2.16. The molecule has 13 heavy (non-hydrogen) atoms. The molecule has 1 aromatic rings. The Kier molecular flexibility index (Phi) is 4.18. The lowest BCUT2D eigenvalue weighted by atomic mass is 10.4. The van der Waals surface area contributed by atoms with Crippen LogP contribution in [0.25, 0.3) is 0 Å². The van der Waals surface area contributed by atoms with Crippen molar-refractivity contribution in [2.24, 2.45) is 0 Å². The van der Waals surface area contributed by atoms with Crippen molar-refractivity contribution in [2.75, 3.05) is 13.7 Å². The van der Waals surface area contributed by atoms with Crippen LogP contribution >= 0.6 is 0 Å². The van der Waals surface area contributed by atoms with E-state index in [0.717, 1.165) is 18.7 Å². The smallest absolute Gasteiger partial charge is 0.232 e. The van der Waals surface area contributed by atoms with Crippen molar-refractivity contribution >= 4 is 0 Å². The number of nitrogens with one attached hydrogen (secondary N) is 1. The Morgan fingerprint density at radius 3 is 3.00 bits per heavy atom. The van der Waals surface area contributed by atoms with Crippen molar-refractivity contribution in [2.45, 2.75) is 19.9 Å². The molecule has 0 aliphatic rings. The van der Waals surface area contributed by atoms with Gasteiger partial charge in [-0.3, -0.25) is 4.98 Å². The minimum atomic E-state index is 0.606. The Morgan fingerprint density at radius 1 is 1.46 bits per heavy atom. The van der Waals surface area contributed by atoms with Crippen molar-refractivity contribution in [3.05, 3.63) is 18.1 Å². The Balaban J connectivity index is 2.56. The van der Waals surface area contributed by atoms with Gasteiger partial charge in [0, 0.05) is 12.7 Å². The summed E-state index contributed by atoms with van der Waals surface area (Å²) in [7, 11) is 1.88. The number of hydrogen-bond acceptors (Lipinski definition) is 4. The van der Waals surface area contributed by atoms with Crippen LogP contribution in [0.3, 0.4) is 0 Å². The summed E-state index contributed by atoms with van der Waals surface area (Å²) >= 11 is 0. The summed E-state index contributed by atoms with van der Waals surface area (Å²) < 4.78 is 5.34. The fourth-order valence-electron chi connectivity index (χ4n) is 0.929. The van der Waals surface area contributed by atoms with E-state index in [4.69, 9.17) is 4.74 Å². The molecule has 0 spiro atoms. The number of nitrogens with zero attached hydrogens (tertiary/aromatic N) is 2. The van der Waals surface area contributed by atoms with Gasteiger partial charge in [0.2, 0.25) is 5.88 Å². The first kappa shape index (κ1) is 9.92. The fourth-order valence-corrected chi connectivity index (χ4v) is 0.929. The molecular formula is C9H15N3O. The van der Waals surface area contributed by atoms with Gasteiger partial charge in [-0.1, -0.05) is 6.92 Å². The van der Waals surface area contributed by atoms with Crippen LogP contribution in [0.15, 0.2) is 12.4 Å². The van der Waals surface area contributed by atoms with Crippen LogP contribution in [-0.2, 0) is 6.54 Å². The van der Waals surface area contributed by atoms with Crippen LogP contribution < -0.4 is 10.1 Å². The lowest BCUT2D eigenvalue weighted by Gasteiger charge is -2.04. The quantitative estimate of drug-likeness (QED) is 0.735. The van der Waals surface area contributed by atoms with E-state index in [0.29, 0.717) is 12.5 Å². The van der Waals surface area contributed by atoms with E-state index >= 15 is 0 Å². The second-order valence-corrected chi connectivity index (χ2v) is 2.73. The molecule has 0 atom stereocenters. The molecule has 0 amide bonds. The van der Waals surface area contributed by atoms with Crippen LogP contribution in [0.1, 0.15) is 19.0 Å². The molecule has 0 bridgehead atoms. The number of hydrogen-bond donors (Lipinski definition) is 1. The van der Waals surface area contributed by atoms with Crippen LogP contribution in [-0.4, -0.2) is 23.6 Å². The van der Waals surface area contributed by atoms with Crippen molar-refractivity contribution in [3.8, 4) is 5.88 Å². The maximum Gasteiger partial charge on any atom is 0.232 e. The van der Waals surface area contributed by atoms with Crippen LogP contribution in [0.5, 0.6) is 5.88 Å². The topological polar surface area (TPSA) is 47.0 Å². The number of rotatable bonds is 5. The summed E-state index contributed by atoms with van der Waals surface area (Å²) in [4.78, 5) is 8.28. The summed E-state index contributed by atoms with van der Waals surface area (Å²) in [6, 6.07) is 0. The third kappa shape index (κ3) is 3.38. The molecule has 0 saturated heterocycles. The first-order chi connectivity index (χ1) is 6.36. The standard InChI is InChI=1S/C9H15N3O/c1-3-4-13-9-7-11-6-8(12-9)5-10-2/h6-7,10H,3-5H2,1-2H3. The van der Waals surface area contributed by atoms with Gasteiger partial charge in [-0.05, 0) is 13.5 Å². The van der Waals surface area contributed by atoms with Crippen molar-refractivity contribution < 1.29 is 4.74 Å². The molecule has 0 aliphatic carbocycles.